The van der Waals surface area contributed by atoms with Gasteiger partial charge in [0.1, 0.15) is 23.9 Å². The zero-order valence-electron chi connectivity index (χ0n) is 14.5. The molecule has 0 heterocycles. The summed E-state index contributed by atoms with van der Waals surface area (Å²) in [5.74, 6) is 2.17. The quantitative estimate of drug-likeness (QED) is 0.783. The summed E-state index contributed by atoms with van der Waals surface area (Å²) in [5, 5.41) is 0. The van der Waals surface area contributed by atoms with E-state index in [2.05, 4.69) is 0 Å². The fourth-order valence-corrected chi connectivity index (χ4v) is 2.25. The van der Waals surface area contributed by atoms with Crippen molar-refractivity contribution in [2.75, 3.05) is 34.4 Å². The largest absolute Gasteiger partial charge is 0.497 e. The van der Waals surface area contributed by atoms with Gasteiger partial charge < -0.3 is 19.1 Å². The minimum absolute atomic E-state index is 0.0633. The molecule has 0 aliphatic rings. The van der Waals surface area contributed by atoms with E-state index >= 15 is 0 Å². The molecule has 5 heteroatoms. The van der Waals surface area contributed by atoms with Gasteiger partial charge in [-0.3, -0.25) is 4.79 Å². The van der Waals surface area contributed by atoms with E-state index in [0.717, 1.165) is 17.1 Å². The first-order valence-electron chi connectivity index (χ1n) is 7.72. The number of ether oxygens (including phenoxy) is 3. The van der Waals surface area contributed by atoms with Crippen molar-refractivity contribution in [1.82, 2.24) is 4.90 Å². The van der Waals surface area contributed by atoms with Crippen molar-refractivity contribution in [1.29, 1.82) is 0 Å². The van der Waals surface area contributed by atoms with Crippen LogP contribution in [0.1, 0.15) is 15.9 Å². The first-order valence-corrected chi connectivity index (χ1v) is 7.72. The second-order valence-electron chi connectivity index (χ2n) is 5.44. The first-order chi connectivity index (χ1) is 11.5. The Morgan fingerprint density at radius 3 is 2.29 bits per heavy atom. The molecular weight excluding hydrogens is 306 g/mol. The molecule has 0 atom stereocenters. The van der Waals surface area contributed by atoms with E-state index < -0.39 is 0 Å². The molecule has 24 heavy (non-hydrogen) atoms. The molecule has 128 valence electrons. The molecule has 0 aromatic heterocycles. The average Bonchev–Trinajstić information content (AvgIpc) is 2.62. The van der Waals surface area contributed by atoms with Crippen LogP contribution in [0.5, 0.6) is 17.2 Å². The number of aryl methyl sites for hydroxylation is 1. The normalized spacial score (nSPS) is 10.2. The Bertz CT molecular complexity index is 682. The molecule has 0 saturated carbocycles. The van der Waals surface area contributed by atoms with Crippen LogP contribution in [0, 0.1) is 6.92 Å². The number of hydrogen-bond acceptors (Lipinski definition) is 4. The van der Waals surface area contributed by atoms with Crippen LogP contribution in [0.4, 0.5) is 0 Å². The van der Waals surface area contributed by atoms with Gasteiger partial charge in [0.15, 0.2) is 0 Å². The number of benzene rings is 2. The SMILES string of the molecule is COc1ccc(OCCN(C)C(=O)c2ccc(C)c(OC)c2)cc1. The van der Waals surface area contributed by atoms with Crippen LogP contribution >= 0.6 is 0 Å². The van der Waals surface area contributed by atoms with E-state index in [1.807, 2.05) is 37.3 Å². The molecule has 0 radical (unpaired) electrons. The summed E-state index contributed by atoms with van der Waals surface area (Å²) < 4.78 is 16.0. The van der Waals surface area contributed by atoms with Crippen LogP contribution in [0.3, 0.4) is 0 Å². The summed E-state index contributed by atoms with van der Waals surface area (Å²) in [6.45, 7) is 2.85. The van der Waals surface area contributed by atoms with Crippen molar-refractivity contribution < 1.29 is 19.0 Å². The lowest BCUT2D eigenvalue weighted by atomic mass is 10.1. The molecule has 5 nitrogen and oxygen atoms in total. The third-order valence-corrected chi connectivity index (χ3v) is 3.76. The lowest BCUT2D eigenvalue weighted by Crippen LogP contribution is -2.30. The topological polar surface area (TPSA) is 48.0 Å². The fraction of sp³-hybridized carbons (Fsp3) is 0.316. The Balaban J connectivity index is 1.89. The number of methoxy groups -OCH3 is 2. The van der Waals surface area contributed by atoms with E-state index in [-0.39, 0.29) is 5.91 Å². The van der Waals surface area contributed by atoms with E-state index in [9.17, 15) is 4.79 Å². The van der Waals surface area contributed by atoms with Gasteiger partial charge in [-0.25, -0.2) is 0 Å². The molecule has 0 saturated heterocycles. The van der Waals surface area contributed by atoms with Crippen LogP contribution in [0.25, 0.3) is 0 Å². The van der Waals surface area contributed by atoms with Gasteiger partial charge in [-0.2, -0.15) is 0 Å². The Labute approximate surface area is 142 Å². The molecular formula is C19H23NO4. The van der Waals surface area contributed by atoms with E-state index in [1.165, 1.54) is 0 Å². The second-order valence-corrected chi connectivity index (χ2v) is 5.44. The molecule has 2 aromatic rings. The monoisotopic (exact) mass is 329 g/mol. The average molecular weight is 329 g/mol. The smallest absolute Gasteiger partial charge is 0.253 e. The van der Waals surface area contributed by atoms with Crippen LogP contribution in [0.2, 0.25) is 0 Å². The number of nitrogens with zero attached hydrogens (tertiary/aromatic N) is 1. The highest BCUT2D eigenvalue weighted by molar-refractivity contribution is 5.94. The summed E-state index contributed by atoms with van der Waals surface area (Å²) in [7, 11) is 4.98. The summed E-state index contributed by atoms with van der Waals surface area (Å²) in [5.41, 5.74) is 1.60. The van der Waals surface area contributed by atoms with Crippen LogP contribution in [-0.4, -0.2) is 45.2 Å². The maximum absolute atomic E-state index is 12.4. The summed E-state index contributed by atoms with van der Waals surface area (Å²) in [4.78, 5) is 14.1. The molecule has 0 aliphatic carbocycles. The molecule has 0 bridgehead atoms. The number of amides is 1. The standard InChI is InChI=1S/C19H23NO4/c1-14-5-6-15(13-18(14)23-4)19(21)20(2)11-12-24-17-9-7-16(22-3)8-10-17/h5-10,13H,11-12H2,1-4H3. The van der Waals surface area contributed by atoms with Crippen LogP contribution in [-0.2, 0) is 0 Å². The van der Waals surface area contributed by atoms with Gasteiger partial charge in [0.2, 0.25) is 0 Å². The molecule has 0 unspecified atom stereocenters. The third-order valence-electron chi connectivity index (χ3n) is 3.76. The zero-order chi connectivity index (χ0) is 17.5. The molecule has 1 amide bonds. The van der Waals surface area contributed by atoms with Gasteiger partial charge in [-0.05, 0) is 48.9 Å². The summed E-state index contributed by atoms with van der Waals surface area (Å²) in [6, 6.07) is 12.8. The summed E-state index contributed by atoms with van der Waals surface area (Å²) >= 11 is 0. The minimum atomic E-state index is -0.0633. The fourth-order valence-electron chi connectivity index (χ4n) is 2.25. The highest BCUT2D eigenvalue weighted by Gasteiger charge is 2.13. The van der Waals surface area contributed by atoms with Crippen LogP contribution in [0.15, 0.2) is 42.5 Å². The van der Waals surface area contributed by atoms with Gasteiger partial charge in [0.05, 0.1) is 20.8 Å². The number of carbonyl (C=O) groups excluding carboxylic acids is 1. The Morgan fingerprint density at radius 2 is 1.67 bits per heavy atom. The molecule has 0 N–H and O–H groups in total. The van der Waals surface area contributed by atoms with E-state index in [4.69, 9.17) is 14.2 Å². The number of carbonyl (C=O) groups is 1. The number of rotatable bonds is 7. The lowest BCUT2D eigenvalue weighted by Gasteiger charge is -2.18. The van der Waals surface area contributed by atoms with Crippen molar-refractivity contribution in [3.8, 4) is 17.2 Å². The van der Waals surface area contributed by atoms with Crippen molar-refractivity contribution in [3.63, 3.8) is 0 Å². The molecule has 0 spiro atoms. The van der Waals surface area contributed by atoms with Crippen molar-refractivity contribution in [2.45, 2.75) is 6.92 Å². The van der Waals surface area contributed by atoms with E-state index in [1.54, 1.807) is 38.3 Å². The Morgan fingerprint density at radius 1 is 1.00 bits per heavy atom. The Hall–Kier alpha value is -2.69. The van der Waals surface area contributed by atoms with Gasteiger partial charge in [0.25, 0.3) is 5.91 Å². The maximum atomic E-state index is 12.4. The summed E-state index contributed by atoms with van der Waals surface area (Å²) in [6.07, 6.45) is 0. The number of likely N-dealkylation sites (N-methyl/N-ethyl adjacent to an activating group) is 1. The van der Waals surface area contributed by atoms with Gasteiger partial charge in [0, 0.05) is 12.6 Å². The molecule has 2 aromatic carbocycles. The highest BCUT2D eigenvalue weighted by atomic mass is 16.5. The van der Waals surface area contributed by atoms with Crippen LogP contribution < -0.4 is 14.2 Å². The number of hydrogen-bond donors (Lipinski definition) is 0. The van der Waals surface area contributed by atoms with Gasteiger partial charge >= 0.3 is 0 Å². The minimum Gasteiger partial charge on any atom is -0.497 e. The van der Waals surface area contributed by atoms with Crippen molar-refractivity contribution >= 4 is 5.91 Å². The van der Waals surface area contributed by atoms with Gasteiger partial charge in [-0.15, -0.1) is 0 Å². The predicted octanol–water partition coefficient (Wildman–Crippen LogP) is 3.16. The third kappa shape index (κ3) is 4.41. The van der Waals surface area contributed by atoms with Crippen molar-refractivity contribution in [2.24, 2.45) is 0 Å². The first kappa shape index (κ1) is 17.7. The lowest BCUT2D eigenvalue weighted by molar-refractivity contribution is 0.0773. The molecule has 0 fully saturated rings. The Kier molecular flexibility index (Phi) is 6.07. The van der Waals surface area contributed by atoms with Crippen molar-refractivity contribution in [3.05, 3.63) is 53.6 Å². The maximum Gasteiger partial charge on any atom is 0.253 e. The molecule has 2 rings (SSSR count). The van der Waals surface area contributed by atoms with Gasteiger partial charge in [-0.1, -0.05) is 6.07 Å². The van der Waals surface area contributed by atoms with E-state index in [0.29, 0.717) is 24.5 Å². The highest BCUT2D eigenvalue weighted by Crippen LogP contribution is 2.20. The molecule has 0 aliphatic heterocycles. The zero-order valence-corrected chi connectivity index (χ0v) is 14.5. The second kappa shape index (κ2) is 8.24. The predicted molar refractivity (Wildman–Crippen MR) is 93.2 cm³/mol.